The van der Waals surface area contributed by atoms with Crippen molar-refractivity contribution in [3.63, 3.8) is 0 Å². The van der Waals surface area contributed by atoms with Gasteiger partial charge in [0.2, 0.25) is 11.8 Å². The van der Waals surface area contributed by atoms with Crippen LogP contribution >= 0.6 is 27.3 Å². The Morgan fingerprint density at radius 1 is 1.20 bits per heavy atom. The summed E-state index contributed by atoms with van der Waals surface area (Å²) in [6, 6.07) is 4.97. The summed E-state index contributed by atoms with van der Waals surface area (Å²) in [5, 5.41) is 7.32. The van der Waals surface area contributed by atoms with Crippen LogP contribution in [0.3, 0.4) is 0 Å². The topological polar surface area (TPSA) is 117 Å². The molecule has 0 fully saturated rings. The fraction of sp³-hybridized carbons (Fsp3) is 0.200. The van der Waals surface area contributed by atoms with Gasteiger partial charge in [-0.05, 0) is 46.6 Å². The molecule has 2 aromatic heterocycles. The summed E-state index contributed by atoms with van der Waals surface area (Å²) in [6.45, 7) is -0.00440. The second-order valence-corrected chi connectivity index (χ2v) is 6.99. The molecule has 0 spiro atoms. The molecule has 25 heavy (non-hydrogen) atoms. The zero-order valence-electron chi connectivity index (χ0n) is 13.3. The van der Waals surface area contributed by atoms with Crippen LogP contribution < -0.4 is 16.4 Å². The minimum absolute atomic E-state index is 0.0122. The minimum atomic E-state index is -0.605. The van der Waals surface area contributed by atoms with Crippen LogP contribution in [0, 0.1) is 0 Å². The number of hydrogen-bond donors (Lipinski definition) is 3. The number of aromatic nitrogens is 1. The van der Waals surface area contributed by atoms with Crippen molar-refractivity contribution < 1.29 is 14.4 Å². The summed E-state index contributed by atoms with van der Waals surface area (Å²) in [7, 11) is 1.64. The summed E-state index contributed by atoms with van der Waals surface area (Å²) in [4.78, 5) is 40.8. The highest BCUT2D eigenvalue weighted by Crippen LogP contribution is 2.22. The molecule has 0 saturated carbocycles. The molecule has 0 aliphatic carbocycles. The largest absolute Gasteiger partial charge is 0.366 e. The molecule has 0 radical (unpaired) electrons. The van der Waals surface area contributed by atoms with Crippen molar-refractivity contribution in [2.45, 2.75) is 0 Å². The van der Waals surface area contributed by atoms with E-state index in [0.29, 0.717) is 10.8 Å². The molecule has 3 amide bonds. The normalized spacial score (nSPS) is 10.5. The van der Waals surface area contributed by atoms with Crippen LogP contribution in [0.4, 0.5) is 10.8 Å². The molecule has 4 N–H and O–H groups in total. The van der Waals surface area contributed by atoms with Gasteiger partial charge >= 0.3 is 0 Å². The van der Waals surface area contributed by atoms with Crippen LogP contribution in [0.25, 0.3) is 0 Å². The van der Waals surface area contributed by atoms with Crippen molar-refractivity contribution in [2.24, 2.45) is 5.73 Å². The first-order valence-electron chi connectivity index (χ1n) is 7.12. The molecule has 0 unspecified atom stereocenters. The van der Waals surface area contributed by atoms with Crippen LogP contribution in [0.1, 0.15) is 10.4 Å². The Hall–Kier alpha value is -2.30. The van der Waals surface area contributed by atoms with Gasteiger partial charge in [-0.15, -0.1) is 11.3 Å². The number of likely N-dealkylation sites (N-methyl/N-ethyl adjacent to an activating group) is 1. The van der Waals surface area contributed by atoms with Gasteiger partial charge in [0.15, 0.2) is 0 Å². The van der Waals surface area contributed by atoms with E-state index in [9.17, 15) is 14.4 Å². The van der Waals surface area contributed by atoms with E-state index in [1.807, 2.05) is 0 Å². The third kappa shape index (κ3) is 5.93. The minimum Gasteiger partial charge on any atom is -0.366 e. The average molecular weight is 426 g/mol. The molecule has 10 heteroatoms. The Morgan fingerprint density at radius 2 is 1.88 bits per heavy atom. The predicted octanol–water partition coefficient (Wildman–Crippen LogP) is 1.51. The predicted molar refractivity (Wildman–Crippen MR) is 99.5 cm³/mol. The van der Waals surface area contributed by atoms with Crippen LogP contribution in [-0.2, 0) is 9.59 Å². The molecule has 2 heterocycles. The number of nitrogens with two attached hydrogens (primary N) is 1. The van der Waals surface area contributed by atoms with Gasteiger partial charge in [0.25, 0.3) is 5.91 Å². The van der Waals surface area contributed by atoms with Gasteiger partial charge in [-0.2, -0.15) is 0 Å². The van der Waals surface area contributed by atoms with Crippen LogP contribution in [-0.4, -0.2) is 47.7 Å². The molecule has 0 aliphatic heterocycles. The highest BCUT2D eigenvalue weighted by atomic mass is 79.9. The van der Waals surface area contributed by atoms with Crippen molar-refractivity contribution in [2.75, 3.05) is 30.8 Å². The fourth-order valence-corrected chi connectivity index (χ4v) is 2.99. The molecule has 2 aromatic rings. The Balaban J connectivity index is 1.82. The molecule has 0 aliphatic rings. The third-order valence-corrected chi connectivity index (χ3v) is 4.30. The zero-order valence-corrected chi connectivity index (χ0v) is 15.7. The second-order valence-electron chi connectivity index (χ2n) is 5.16. The van der Waals surface area contributed by atoms with Crippen LogP contribution in [0.15, 0.2) is 34.2 Å². The first kappa shape index (κ1) is 19.0. The number of nitrogens with zero attached hydrogens (tertiary/aromatic N) is 2. The van der Waals surface area contributed by atoms with Gasteiger partial charge in [0, 0.05) is 10.7 Å². The lowest BCUT2D eigenvalue weighted by atomic mass is 10.3. The van der Waals surface area contributed by atoms with E-state index in [4.69, 9.17) is 5.73 Å². The fourth-order valence-electron chi connectivity index (χ4n) is 1.94. The van der Waals surface area contributed by atoms with E-state index < -0.39 is 5.91 Å². The molecule has 0 aromatic carbocycles. The maximum Gasteiger partial charge on any atom is 0.251 e. The first-order valence-corrected chi connectivity index (χ1v) is 8.79. The molecular formula is C15H16BrN5O3S. The van der Waals surface area contributed by atoms with Crippen molar-refractivity contribution in [1.29, 1.82) is 0 Å². The number of amides is 3. The number of carbonyl (C=O) groups is 3. The smallest absolute Gasteiger partial charge is 0.251 e. The van der Waals surface area contributed by atoms with E-state index in [-0.39, 0.29) is 30.5 Å². The van der Waals surface area contributed by atoms with E-state index >= 15 is 0 Å². The summed E-state index contributed by atoms with van der Waals surface area (Å²) in [5.74, 6) is -0.817. The highest BCUT2D eigenvalue weighted by molar-refractivity contribution is 9.10. The van der Waals surface area contributed by atoms with Gasteiger partial charge in [-0.3, -0.25) is 19.3 Å². The number of pyridine rings is 1. The van der Waals surface area contributed by atoms with Crippen LogP contribution in [0.2, 0.25) is 0 Å². The molecule has 8 nitrogen and oxygen atoms in total. The highest BCUT2D eigenvalue weighted by Gasteiger charge is 2.15. The number of hydrogen-bond acceptors (Lipinski definition) is 6. The van der Waals surface area contributed by atoms with Crippen LogP contribution in [0.5, 0.6) is 0 Å². The summed E-state index contributed by atoms with van der Waals surface area (Å²) >= 11 is 4.47. The molecule has 0 atom stereocenters. The van der Waals surface area contributed by atoms with Gasteiger partial charge < -0.3 is 16.4 Å². The molecular weight excluding hydrogens is 410 g/mol. The Labute approximate surface area is 156 Å². The van der Waals surface area contributed by atoms with Gasteiger partial charge in [-0.25, -0.2) is 4.98 Å². The zero-order chi connectivity index (χ0) is 18.4. The first-order chi connectivity index (χ1) is 11.8. The summed E-state index contributed by atoms with van der Waals surface area (Å²) in [5.41, 5.74) is 5.49. The Morgan fingerprint density at radius 3 is 2.48 bits per heavy atom. The number of halogens is 1. The number of carbonyl (C=O) groups excluding carboxylic acids is 3. The Kier molecular flexibility index (Phi) is 6.62. The van der Waals surface area contributed by atoms with E-state index in [0.717, 1.165) is 4.47 Å². The molecule has 0 saturated heterocycles. The third-order valence-electron chi connectivity index (χ3n) is 3.01. The quantitative estimate of drug-likeness (QED) is 0.621. The number of primary amides is 1. The average Bonchev–Trinajstić information content (AvgIpc) is 2.97. The van der Waals surface area contributed by atoms with Crippen molar-refractivity contribution >= 4 is 55.8 Å². The van der Waals surface area contributed by atoms with E-state index in [1.165, 1.54) is 11.3 Å². The number of nitrogens with one attached hydrogen (secondary N) is 2. The maximum absolute atomic E-state index is 12.0. The van der Waals surface area contributed by atoms with E-state index in [1.54, 1.807) is 41.7 Å². The molecule has 132 valence electrons. The van der Waals surface area contributed by atoms with E-state index in [2.05, 4.69) is 31.5 Å². The molecule has 2 rings (SSSR count). The van der Waals surface area contributed by atoms with Crippen molar-refractivity contribution in [1.82, 2.24) is 9.88 Å². The number of rotatable bonds is 7. The lowest BCUT2D eigenvalue weighted by Crippen LogP contribution is -2.36. The SMILES string of the molecule is CN(CC(=O)Nc1ccc(Br)cn1)CC(=O)Nc1sccc1C(N)=O. The standard InChI is InChI=1S/C15H16BrN5O3S/c1-21(7-12(22)19-11-3-2-9(16)6-18-11)8-13(23)20-15-10(14(17)24)4-5-25-15/h2-6H,7-8H2,1H3,(H2,17,24)(H,20,23)(H,18,19,22). The summed E-state index contributed by atoms with van der Waals surface area (Å²) < 4.78 is 0.809. The van der Waals surface area contributed by atoms with Gasteiger partial charge in [0.1, 0.15) is 10.8 Å². The number of thiophene rings is 1. The monoisotopic (exact) mass is 425 g/mol. The lowest BCUT2D eigenvalue weighted by Gasteiger charge is -2.15. The summed E-state index contributed by atoms with van der Waals surface area (Å²) in [6.07, 6.45) is 1.57. The lowest BCUT2D eigenvalue weighted by molar-refractivity contribution is -0.119. The second kappa shape index (κ2) is 8.70. The van der Waals surface area contributed by atoms with Crippen molar-refractivity contribution in [3.8, 4) is 0 Å². The van der Waals surface area contributed by atoms with Gasteiger partial charge in [0.05, 0.1) is 18.7 Å². The molecule has 0 bridgehead atoms. The Bertz CT molecular complexity index is 778. The van der Waals surface area contributed by atoms with Gasteiger partial charge in [-0.1, -0.05) is 0 Å². The van der Waals surface area contributed by atoms with Crippen molar-refractivity contribution in [3.05, 3.63) is 39.8 Å². The maximum atomic E-state index is 12.0. The number of anilines is 2.